The van der Waals surface area contributed by atoms with Crippen molar-refractivity contribution in [2.45, 2.75) is 19.4 Å². The third kappa shape index (κ3) is 9.25. The van der Waals surface area contributed by atoms with Gasteiger partial charge in [-0.25, -0.2) is 14.2 Å². The fourth-order valence-electron chi connectivity index (χ4n) is 3.43. The Morgan fingerprint density at radius 3 is 2.30 bits per heavy atom. The van der Waals surface area contributed by atoms with Crippen LogP contribution in [-0.2, 0) is 19.1 Å². The molecule has 194 valence electrons. The molecule has 0 radical (unpaired) electrons. The van der Waals surface area contributed by atoms with Crippen LogP contribution in [0.5, 0.6) is 0 Å². The van der Waals surface area contributed by atoms with Crippen LogP contribution in [0.3, 0.4) is 0 Å². The van der Waals surface area contributed by atoms with E-state index in [9.17, 15) is 18.8 Å². The molecule has 2 aromatic carbocycles. The van der Waals surface area contributed by atoms with Crippen LogP contribution < -0.4 is 16.0 Å². The summed E-state index contributed by atoms with van der Waals surface area (Å²) in [6.45, 7) is 2.01. The van der Waals surface area contributed by atoms with Gasteiger partial charge >= 0.3 is 12.1 Å². The Bertz CT molecular complexity index is 1160. The van der Waals surface area contributed by atoms with Crippen molar-refractivity contribution in [2.75, 3.05) is 31.6 Å². The predicted molar refractivity (Wildman–Crippen MR) is 136 cm³/mol. The van der Waals surface area contributed by atoms with Crippen molar-refractivity contribution in [3.8, 4) is 11.1 Å². The van der Waals surface area contributed by atoms with E-state index >= 15 is 0 Å². The normalized spacial score (nSPS) is 11.2. The van der Waals surface area contributed by atoms with E-state index < -0.39 is 24.0 Å². The van der Waals surface area contributed by atoms with E-state index in [2.05, 4.69) is 20.9 Å². The Balaban J connectivity index is 1.51. The van der Waals surface area contributed by atoms with Crippen LogP contribution in [0.15, 0.2) is 72.9 Å². The van der Waals surface area contributed by atoms with Gasteiger partial charge in [-0.3, -0.25) is 9.59 Å². The van der Waals surface area contributed by atoms with Gasteiger partial charge in [-0.15, -0.1) is 0 Å². The quantitative estimate of drug-likeness (QED) is 0.251. The lowest BCUT2D eigenvalue weighted by Gasteiger charge is -2.19. The van der Waals surface area contributed by atoms with Crippen LogP contribution in [-0.4, -0.2) is 49.3 Å². The number of aromatic nitrogens is 1. The number of alkyl carbamates (subject to hydrolysis) is 1. The Hall–Kier alpha value is -4.47. The van der Waals surface area contributed by atoms with Gasteiger partial charge in [0.25, 0.3) is 0 Å². The number of halogens is 1. The van der Waals surface area contributed by atoms with E-state index in [1.165, 1.54) is 12.1 Å². The Labute approximate surface area is 214 Å². The minimum Gasteiger partial charge on any atom is -0.466 e. The Kier molecular flexibility index (Phi) is 10.4. The lowest BCUT2D eigenvalue weighted by molar-refractivity contribution is -0.143. The zero-order valence-corrected chi connectivity index (χ0v) is 20.4. The lowest BCUT2D eigenvalue weighted by Crippen LogP contribution is -2.39. The summed E-state index contributed by atoms with van der Waals surface area (Å²) < 4.78 is 23.3. The summed E-state index contributed by atoms with van der Waals surface area (Å²) in [4.78, 5) is 40.7. The maximum absolute atomic E-state index is 13.2. The number of carbonyl (C=O) groups is 3. The van der Waals surface area contributed by atoms with Gasteiger partial charge in [0.1, 0.15) is 24.8 Å². The number of esters is 1. The molecular weight excluding hydrogens is 479 g/mol. The molecule has 1 heterocycles. The minimum atomic E-state index is -0.747. The molecule has 0 fully saturated rings. The molecule has 0 aliphatic carbocycles. The molecule has 0 bridgehead atoms. The first-order chi connectivity index (χ1) is 17.9. The van der Waals surface area contributed by atoms with Crippen molar-refractivity contribution in [1.82, 2.24) is 15.6 Å². The van der Waals surface area contributed by atoms with Crippen molar-refractivity contribution in [3.63, 3.8) is 0 Å². The van der Waals surface area contributed by atoms with Crippen molar-refractivity contribution in [1.29, 1.82) is 0 Å². The summed E-state index contributed by atoms with van der Waals surface area (Å²) in [6, 6.07) is 18.0. The summed E-state index contributed by atoms with van der Waals surface area (Å²) in [5.74, 6) is -0.635. The smallest absolute Gasteiger partial charge is 0.407 e. The number of nitrogens with one attached hydrogen (secondary N) is 3. The molecule has 0 aliphatic heterocycles. The predicted octanol–water partition coefficient (Wildman–Crippen LogP) is 3.84. The zero-order chi connectivity index (χ0) is 26.5. The number of hydrogen-bond acceptors (Lipinski definition) is 7. The fourth-order valence-corrected chi connectivity index (χ4v) is 3.43. The van der Waals surface area contributed by atoms with Crippen molar-refractivity contribution in [3.05, 3.63) is 84.3 Å². The van der Waals surface area contributed by atoms with Gasteiger partial charge in [-0.1, -0.05) is 42.5 Å². The van der Waals surface area contributed by atoms with Gasteiger partial charge in [-0.05, 0) is 47.9 Å². The minimum absolute atomic E-state index is 0.0793. The largest absolute Gasteiger partial charge is 0.466 e. The fraction of sp³-hybridized carbons (Fsp3) is 0.259. The average Bonchev–Trinajstić information content (AvgIpc) is 2.91. The average molecular weight is 509 g/mol. The van der Waals surface area contributed by atoms with Gasteiger partial charge in [0, 0.05) is 6.20 Å². The number of pyridine rings is 1. The topological polar surface area (TPSA) is 119 Å². The zero-order valence-electron chi connectivity index (χ0n) is 20.4. The first-order valence-electron chi connectivity index (χ1n) is 11.8. The number of rotatable bonds is 12. The van der Waals surface area contributed by atoms with Gasteiger partial charge in [0.2, 0.25) is 5.91 Å². The van der Waals surface area contributed by atoms with Crippen LogP contribution >= 0.6 is 0 Å². The molecule has 2 amide bonds. The summed E-state index contributed by atoms with van der Waals surface area (Å²) >= 11 is 0. The molecule has 3 N–H and O–H groups in total. The van der Waals surface area contributed by atoms with Gasteiger partial charge in [0.15, 0.2) is 0 Å². The Morgan fingerprint density at radius 1 is 0.946 bits per heavy atom. The number of nitrogens with zero attached hydrogens (tertiary/aromatic N) is 1. The van der Waals surface area contributed by atoms with E-state index in [4.69, 9.17) is 9.47 Å². The third-order valence-corrected chi connectivity index (χ3v) is 5.20. The highest BCUT2D eigenvalue weighted by Gasteiger charge is 2.20. The second-order valence-corrected chi connectivity index (χ2v) is 7.89. The van der Waals surface area contributed by atoms with E-state index in [1.807, 2.05) is 18.2 Å². The molecule has 3 aromatic rings. The van der Waals surface area contributed by atoms with E-state index in [0.717, 1.165) is 11.1 Å². The highest BCUT2D eigenvalue weighted by molar-refractivity contribution is 5.83. The lowest BCUT2D eigenvalue weighted by atomic mass is 9.99. The number of anilines is 1. The first-order valence-corrected chi connectivity index (χ1v) is 11.8. The molecule has 0 aliphatic rings. The summed E-state index contributed by atoms with van der Waals surface area (Å²) in [5.41, 5.74) is 2.36. The maximum Gasteiger partial charge on any atom is 0.407 e. The van der Waals surface area contributed by atoms with E-state index in [0.29, 0.717) is 17.9 Å². The van der Waals surface area contributed by atoms with Crippen molar-refractivity contribution in [2.24, 2.45) is 0 Å². The molecule has 10 heteroatoms. The number of ether oxygens (including phenoxy) is 2. The first kappa shape index (κ1) is 27.1. The van der Waals surface area contributed by atoms with Gasteiger partial charge in [-0.2, -0.15) is 0 Å². The molecule has 1 atom stereocenters. The molecule has 1 unspecified atom stereocenters. The number of amides is 2. The van der Waals surface area contributed by atoms with Crippen LogP contribution in [0.25, 0.3) is 11.1 Å². The Morgan fingerprint density at radius 2 is 1.65 bits per heavy atom. The van der Waals surface area contributed by atoms with Crippen LogP contribution in [0.1, 0.15) is 24.9 Å². The second kappa shape index (κ2) is 14.2. The molecule has 3 rings (SSSR count). The summed E-state index contributed by atoms with van der Waals surface area (Å²) in [6.07, 6.45) is 0.812. The van der Waals surface area contributed by atoms with Gasteiger partial charge in [0.05, 0.1) is 25.6 Å². The molecule has 9 nitrogen and oxygen atoms in total. The highest BCUT2D eigenvalue weighted by atomic mass is 19.1. The van der Waals surface area contributed by atoms with Crippen molar-refractivity contribution < 1.29 is 28.2 Å². The molecule has 37 heavy (non-hydrogen) atoms. The molecule has 0 spiro atoms. The molecule has 0 saturated heterocycles. The number of carbonyl (C=O) groups excluding carboxylic acids is 3. The number of hydrogen-bond donors (Lipinski definition) is 3. The molecule has 0 saturated carbocycles. The summed E-state index contributed by atoms with van der Waals surface area (Å²) in [5, 5.41) is 8.14. The van der Waals surface area contributed by atoms with E-state index in [-0.39, 0.29) is 32.0 Å². The molecule has 1 aromatic heterocycles. The van der Waals surface area contributed by atoms with Crippen LogP contribution in [0.4, 0.5) is 15.0 Å². The molecular formula is C27H29FN4O5. The standard InChI is InChI=1S/C27H29FN4O5/c1-2-36-26(34)17-23(21-8-6-19(7-9-21)20-10-12-22(28)13-11-20)32-25(33)18-31-27(35)37-16-15-30-24-5-3-4-14-29-24/h3-14,23H,2,15-18H2,1H3,(H,29,30)(H,31,35)(H,32,33). The summed E-state index contributed by atoms with van der Waals surface area (Å²) in [7, 11) is 0. The van der Waals surface area contributed by atoms with Gasteiger partial charge < -0.3 is 25.4 Å². The highest BCUT2D eigenvalue weighted by Crippen LogP contribution is 2.24. The number of benzene rings is 2. The second-order valence-electron chi connectivity index (χ2n) is 7.89. The monoisotopic (exact) mass is 508 g/mol. The third-order valence-electron chi connectivity index (χ3n) is 5.20. The van der Waals surface area contributed by atoms with Crippen LogP contribution in [0.2, 0.25) is 0 Å². The van der Waals surface area contributed by atoms with Crippen LogP contribution in [0, 0.1) is 5.82 Å². The van der Waals surface area contributed by atoms with E-state index in [1.54, 1.807) is 49.5 Å². The maximum atomic E-state index is 13.2. The van der Waals surface area contributed by atoms with Crippen molar-refractivity contribution >= 4 is 23.8 Å². The SMILES string of the molecule is CCOC(=O)CC(NC(=O)CNC(=O)OCCNc1ccccn1)c1ccc(-c2ccc(F)cc2)cc1.